The first kappa shape index (κ1) is 23.4. The van der Waals surface area contributed by atoms with Gasteiger partial charge in [0.05, 0.1) is 5.69 Å². The van der Waals surface area contributed by atoms with Crippen LogP contribution in [0.5, 0.6) is 5.75 Å². The molecule has 182 valence electrons. The molecule has 1 amide bonds. The molecule has 2 aliphatic rings. The Morgan fingerprint density at radius 3 is 2.29 bits per heavy atom. The number of fused-ring (bicyclic) bond motifs is 2. The van der Waals surface area contributed by atoms with Crippen LogP contribution in [0.2, 0.25) is 0 Å². The second-order valence-electron chi connectivity index (χ2n) is 9.56. The van der Waals surface area contributed by atoms with Gasteiger partial charge in [0.2, 0.25) is 0 Å². The molecule has 3 aromatic rings. The van der Waals surface area contributed by atoms with E-state index in [0.29, 0.717) is 18.4 Å². The van der Waals surface area contributed by atoms with Crippen LogP contribution >= 0.6 is 0 Å². The van der Waals surface area contributed by atoms with Crippen LogP contribution in [-0.4, -0.2) is 23.6 Å². The van der Waals surface area contributed by atoms with Crippen LogP contribution in [0.3, 0.4) is 0 Å². The molecule has 3 atom stereocenters. The van der Waals surface area contributed by atoms with Gasteiger partial charge in [0.15, 0.2) is 0 Å². The van der Waals surface area contributed by atoms with Crippen LogP contribution in [0.4, 0.5) is 13.2 Å². The van der Waals surface area contributed by atoms with Crippen molar-refractivity contribution >= 4 is 5.91 Å². The highest BCUT2D eigenvalue weighted by atomic mass is 19.4. The maximum atomic E-state index is 12.5. The van der Waals surface area contributed by atoms with E-state index in [4.69, 9.17) is 4.74 Å². The van der Waals surface area contributed by atoms with Gasteiger partial charge in [-0.25, -0.2) is 0 Å². The third kappa shape index (κ3) is 4.90. The zero-order chi connectivity index (χ0) is 24.5. The van der Waals surface area contributed by atoms with Crippen molar-refractivity contribution in [1.82, 2.24) is 10.3 Å². The van der Waals surface area contributed by atoms with Crippen molar-refractivity contribution in [2.24, 2.45) is 11.8 Å². The SMILES string of the molecule is O=C(NCC(F)(F)F)c1ccc([C@]2(c3ccc(OCc4ccccn4)cc3)C[C@@H]3CC[C@H]2C3)cc1. The Bertz CT molecular complexity index is 1160. The summed E-state index contributed by atoms with van der Waals surface area (Å²) in [5.41, 5.74) is 3.25. The molecule has 4 nitrogen and oxygen atoms in total. The number of nitrogens with zero attached hydrogens (tertiary/aromatic N) is 1. The van der Waals surface area contributed by atoms with Crippen molar-refractivity contribution in [2.75, 3.05) is 6.54 Å². The van der Waals surface area contributed by atoms with E-state index < -0.39 is 18.6 Å². The van der Waals surface area contributed by atoms with Crippen molar-refractivity contribution in [1.29, 1.82) is 0 Å². The number of halogens is 3. The highest BCUT2D eigenvalue weighted by molar-refractivity contribution is 5.94. The summed E-state index contributed by atoms with van der Waals surface area (Å²) in [5, 5.41) is 1.94. The first-order chi connectivity index (χ1) is 16.8. The Morgan fingerprint density at radius 1 is 1.00 bits per heavy atom. The van der Waals surface area contributed by atoms with E-state index in [1.54, 1.807) is 18.3 Å². The van der Waals surface area contributed by atoms with Crippen molar-refractivity contribution < 1.29 is 22.7 Å². The van der Waals surface area contributed by atoms with Crippen molar-refractivity contribution in [3.05, 3.63) is 95.3 Å². The molecule has 0 saturated heterocycles. The van der Waals surface area contributed by atoms with Crippen molar-refractivity contribution in [3.8, 4) is 5.75 Å². The molecule has 2 fully saturated rings. The van der Waals surface area contributed by atoms with Gasteiger partial charge in [0, 0.05) is 17.2 Å². The first-order valence-electron chi connectivity index (χ1n) is 11.9. The molecular formula is C28H27F3N2O2. The van der Waals surface area contributed by atoms with Gasteiger partial charge in [-0.3, -0.25) is 9.78 Å². The van der Waals surface area contributed by atoms with Crippen molar-refractivity contribution in [3.63, 3.8) is 0 Å². The van der Waals surface area contributed by atoms with E-state index in [1.807, 2.05) is 47.8 Å². The molecule has 0 aliphatic heterocycles. The lowest BCUT2D eigenvalue weighted by Gasteiger charge is -2.39. The normalized spacial score (nSPS) is 23.3. The maximum Gasteiger partial charge on any atom is 0.405 e. The minimum Gasteiger partial charge on any atom is -0.487 e. The lowest BCUT2D eigenvalue weighted by Crippen LogP contribution is -2.35. The van der Waals surface area contributed by atoms with Crippen LogP contribution in [0, 0.1) is 11.8 Å². The number of hydrogen-bond donors (Lipinski definition) is 1. The summed E-state index contributed by atoms with van der Waals surface area (Å²) in [6, 6.07) is 21.0. The molecular weight excluding hydrogens is 453 g/mol. The number of carbonyl (C=O) groups is 1. The third-order valence-corrected chi connectivity index (χ3v) is 7.44. The standard InChI is InChI=1S/C28H27F3N2O2/c29-28(30,31)18-33-26(34)20-5-8-21(9-6-20)27(16-19-4-7-23(27)15-19)22-10-12-25(13-11-22)35-17-24-3-1-2-14-32-24/h1-3,5-6,8-14,19,23H,4,7,15-18H2,(H,33,34)/t19-,23+,27+/m1/s1. The number of alkyl halides is 3. The van der Waals surface area contributed by atoms with Crippen LogP contribution in [-0.2, 0) is 12.0 Å². The molecule has 2 aliphatic carbocycles. The predicted molar refractivity (Wildman–Crippen MR) is 126 cm³/mol. The smallest absolute Gasteiger partial charge is 0.405 e. The van der Waals surface area contributed by atoms with E-state index in [1.165, 1.54) is 18.4 Å². The highest BCUT2D eigenvalue weighted by Crippen LogP contribution is 2.60. The molecule has 2 bridgehead atoms. The van der Waals surface area contributed by atoms with E-state index in [2.05, 4.69) is 17.1 Å². The zero-order valence-corrected chi connectivity index (χ0v) is 19.2. The molecule has 1 heterocycles. The quantitative estimate of drug-likeness (QED) is 0.447. The molecule has 1 N–H and O–H groups in total. The molecule has 0 radical (unpaired) electrons. The number of ether oxygens (including phenoxy) is 1. The topological polar surface area (TPSA) is 51.2 Å². The van der Waals surface area contributed by atoms with Gasteiger partial charge >= 0.3 is 6.18 Å². The largest absolute Gasteiger partial charge is 0.487 e. The first-order valence-corrected chi connectivity index (χ1v) is 11.9. The van der Waals surface area contributed by atoms with Crippen LogP contribution in [0.15, 0.2) is 72.9 Å². The molecule has 1 aromatic heterocycles. The molecule has 2 aromatic carbocycles. The number of rotatable bonds is 7. The maximum absolute atomic E-state index is 12.5. The molecule has 2 saturated carbocycles. The number of benzene rings is 2. The Kier molecular flexibility index (Phi) is 6.26. The van der Waals surface area contributed by atoms with Crippen LogP contribution in [0.25, 0.3) is 0 Å². The van der Waals surface area contributed by atoms with Gasteiger partial charge in [-0.15, -0.1) is 0 Å². The van der Waals surface area contributed by atoms with Gasteiger partial charge in [-0.2, -0.15) is 13.2 Å². The second kappa shape index (κ2) is 9.36. The average molecular weight is 481 g/mol. The van der Waals surface area contributed by atoms with Crippen LogP contribution in [0.1, 0.15) is 52.9 Å². The fourth-order valence-corrected chi connectivity index (χ4v) is 5.89. The summed E-state index contributed by atoms with van der Waals surface area (Å²) in [7, 11) is 0. The van der Waals surface area contributed by atoms with Crippen LogP contribution < -0.4 is 10.1 Å². The Morgan fingerprint density at radius 2 is 1.71 bits per heavy atom. The van der Waals surface area contributed by atoms with Gasteiger partial charge < -0.3 is 10.1 Å². The number of carbonyl (C=O) groups excluding carboxylic acids is 1. The molecule has 35 heavy (non-hydrogen) atoms. The minimum absolute atomic E-state index is 0.163. The van der Waals surface area contributed by atoms with E-state index in [-0.39, 0.29) is 11.0 Å². The third-order valence-electron chi connectivity index (χ3n) is 7.44. The Labute approximate surface area is 202 Å². The Balaban J connectivity index is 1.36. The molecule has 0 unspecified atom stereocenters. The zero-order valence-electron chi connectivity index (χ0n) is 19.2. The molecule has 0 spiro atoms. The van der Waals surface area contributed by atoms with E-state index >= 15 is 0 Å². The summed E-state index contributed by atoms with van der Waals surface area (Å²) in [6.45, 7) is -0.941. The van der Waals surface area contributed by atoms with E-state index in [9.17, 15) is 18.0 Å². The summed E-state index contributed by atoms with van der Waals surface area (Å²) >= 11 is 0. The number of nitrogens with one attached hydrogen (secondary N) is 1. The minimum atomic E-state index is -4.43. The lowest BCUT2D eigenvalue weighted by atomic mass is 9.64. The number of pyridine rings is 1. The summed E-state index contributed by atoms with van der Waals surface area (Å²) < 4.78 is 43.3. The summed E-state index contributed by atoms with van der Waals surface area (Å²) in [6.07, 6.45) is 1.89. The summed E-state index contributed by atoms with van der Waals surface area (Å²) in [5.74, 6) is 1.22. The monoisotopic (exact) mass is 480 g/mol. The lowest BCUT2D eigenvalue weighted by molar-refractivity contribution is -0.123. The van der Waals surface area contributed by atoms with Crippen molar-refractivity contribution in [2.45, 2.75) is 43.9 Å². The fraction of sp³-hybridized carbons (Fsp3) is 0.357. The Hall–Kier alpha value is -3.35. The van der Waals surface area contributed by atoms with Gasteiger partial charge in [-0.1, -0.05) is 36.8 Å². The number of hydrogen-bond acceptors (Lipinski definition) is 3. The predicted octanol–water partition coefficient (Wildman–Crippen LogP) is 6.06. The van der Waals surface area contributed by atoms with Gasteiger partial charge in [-0.05, 0) is 78.6 Å². The second-order valence-corrected chi connectivity index (χ2v) is 9.56. The van der Waals surface area contributed by atoms with E-state index in [0.717, 1.165) is 29.8 Å². The fourth-order valence-electron chi connectivity index (χ4n) is 5.89. The number of amides is 1. The molecule has 7 heteroatoms. The van der Waals surface area contributed by atoms with Gasteiger partial charge in [0.25, 0.3) is 5.91 Å². The average Bonchev–Trinajstić information content (AvgIpc) is 3.49. The van der Waals surface area contributed by atoms with Gasteiger partial charge in [0.1, 0.15) is 18.9 Å². The summed E-state index contributed by atoms with van der Waals surface area (Å²) in [4.78, 5) is 16.5. The highest BCUT2D eigenvalue weighted by Gasteiger charge is 2.52. The molecule has 5 rings (SSSR count). The number of aromatic nitrogens is 1.